The molecule has 0 saturated heterocycles. The third-order valence-electron chi connectivity index (χ3n) is 6.52. The zero-order chi connectivity index (χ0) is 22.1. The van der Waals surface area contributed by atoms with E-state index >= 15 is 0 Å². The lowest BCUT2D eigenvalue weighted by molar-refractivity contribution is -0.119. The summed E-state index contributed by atoms with van der Waals surface area (Å²) in [5.74, 6) is 1.06. The molecule has 1 aliphatic heterocycles. The van der Waals surface area contributed by atoms with Gasteiger partial charge in [0.2, 0.25) is 5.91 Å². The summed E-state index contributed by atoms with van der Waals surface area (Å²) in [6, 6.07) is 29.2. The van der Waals surface area contributed by atoms with Crippen molar-refractivity contribution in [1.82, 2.24) is 0 Å². The Bertz CT molecular complexity index is 1280. The number of carbonyl (C=O) groups excluding carboxylic acids is 1. The second-order valence-corrected chi connectivity index (χ2v) is 8.40. The Hall–Kier alpha value is -3.59. The number of hydrogen-bond donors (Lipinski definition) is 0. The van der Waals surface area contributed by atoms with Crippen molar-refractivity contribution in [2.45, 2.75) is 32.8 Å². The van der Waals surface area contributed by atoms with E-state index in [4.69, 9.17) is 4.74 Å². The molecule has 3 heteroatoms. The van der Waals surface area contributed by atoms with Gasteiger partial charge in [0.25, 0.3) is 0 Å². The molecule has 160 valence electrons. The molecule has 0 fully saturated rings. The molecular weight excluding hydrogens is 394 g/mol. The fourth-order valence-corrected chi connectivity index (χ4v) is 4.77. The van der Waals surface area contributed by atoms with Crippen molar-refractivity contribution in [1.29, 1.82) is 0 Å². The van der Waals surface area contributed by atoms with Gasteiger partial charge in [-0.05, 0) is 65.1 Å². The first-order valence-corrected chi connectivity index (χ1v) is 11.2. The highest BCUT2D eigenvalue weighted by atomic mass is 16.5. The van der Waals surface area contributed by atoms with Crippen LogP contribution in [0.3, 0.4) is 0 Å². The van der Waals surface area contributed by atoms with Gasteiger partial charge in [-0.1, -0.05) is 66.7 Å². The lowest BCUT2D eigenvalue weighted by Crippen LogP contribution is -2.36. The Balaban J connectivity index is 1.48. The summed E-state index contributed by atoms with van der Waals surface area (Å²) in [7, 11) is 0. The van der Waals surface area contributed by atoms with Crippen LogP contribution in [0.1, 0.15) is 41.5 Å². The lowest BCUT2D eigenvalue weighted by atomic mass is 9.81. The molecule has 1 unspecified atom stereocenters. The van der Waals surface area contributed by atoms with E-state index in [1.54, 1.807) is 0 Å². The summed E-state index contributed by atoms with van der Waals surface area (Å²) in [5.41, 5.74) is 5.85. The highest BCUT2D eigenvalue weighted by molar-refractivity contribution is 6.03. The van der Waals surface area contributed by atoms with E-state index in [2.05, 4.69) is 67.6 Å². The Kier molecular flexibility index (Phi) is 5.40. The fraction of sp³-hybridized carbons (Fsp3) is 0.207. The molecule has 5 rings (SSSR count). The highest BCUT2D eigenvalue weighted by Crippen LogP contribution is 2.44. The quantitative estimate of drug-likeness (QED) is 0.363. The molecule has 0 N–H and O–H groups in total. The minimum atomic E-state index is 0.0387. The van der Waals surface area contributed by atoms with Crippen molar-refractivity contribution in [3.05, 3.63) is 107 Å². The highest BCUT2D eigenvalue weighted by Gasteiger charge is 2.32. The van der Waals surface area contributed by atoms with Crippen LogP contribution < -0.4 is 9.64 Å². The number of anilines is 1. The van der Waals surface area contributed by atoms with Crippen LogP contribution in [0, 0.1) is 6.92 Å². The number of ether oxygens (including phenoxy) is 1. The van der Waals surface area contributed by atoms with Crippen LogP contribution in [-0.4, -0.2) is 12.5 Å². The summed E-state index contributed by atoms with van der Waals surface area (Å²) in [6.45, 7) is 5.37. The average molecular weight is 422 g/mol. The Morgan fingerprint density at radius 3 is 2.44 bits per heavy atom. The molecule has 0 saturated carbocycles. The van der Waals surface area contributed by atoms with Gasteiger partial charge in [-0.2, -0.15) is 0 Å². The summed E-state index contributed by atoms with van der Waals surface area (Å²) >= 11 is 0. The molecular formula is C29H27NO2. The molecule has 4 aromatic carbocycles. The maximum atomic E-state index is 13.0. The van der Waals surface area contributed by atoms with E-state index in [0.717, 1.165) is 17.0 Å². The van der Waals surface area contributed by atoms with Gasteiger partial charge in [0.1, 0.15) is 12.4 Å². The maximum Gasteiger partial charge on any atom is 0.227 e. The predicted molar refractivity (Wildman–Crippen MR) is 130 cm³/mol. The molecule has 0 bridgehead atoms. The topological polar surface area (TPSA) is 29.5 Å². The number of carbonyl (C=O) groups is 1. The van der Waals surface area contributed by atoms with Crippen LogP contribution in [0.25, 0.3) is 10.8 Å². The summed E-state index contributed by atoms with van der Waals surface area (Å²) in [6.07, 6.45) is 0.484. The number of amides is 1. The molecule has 0 aromatic heterocycles. The minimum Gasteiger partial charge on any atom is -0.489 e. The van der Waals surface area contributed by atoms with Crippen LogP contribution in [-0.2, 0) is 11.4 Å². The fourth-order valence-electron chi connectivity index (χ4n) is 4.77. The minimum absolute atomic E-state index is 0.0387. The van der Waals surface area contributed by atoms with Crippen LogP contribution in [0.5, 0.6) is 5.75 Å². The Morgan fingerprint density at radius 2 is 1.66 bits per heavy atom. The van der Waals surface area contributed by atoms with Gasteiger partial charge >= 0.3 is 0 Å². The first kappa shape index (κ1) is 20.3. The number of hydrogen-bond acceptors (Lipinski definition) is 2. The van der Waals surface area contributed by atoms with Crippen molar-refractivity contribution >= 4 is 22.4 Å². The summed E-state index contributed by atoms with van der Waals surface area (Å²) in [5, 5.41) is 2.43. The van der Waals surface area contributed by atoms with Crippen LogP contribution in [0.15, 0.2) is 84.9 Å². The van der Waals surface area contributed by atoms with Gasteiger partial charge in [0.15, 0.2) is 0 Å². The molecule has 0 radical (unpaired) electrons. The maximum absolute atomic E-state index is 13.0. The van der Waals surface area contributed by atoms with E-state index in [1.165, 1.54) is 27.5 Å². The Morgan fingerprint density at radius 1 is 0.906 bits per heavy atom. The van der Waals surface area contributed by atoms with Crippen molar-refractivity contribution in [2.24, 2.45) is 0 Å². The largest absolute Gasteiger partial charge is 0.489 e. The lowest BCUT2D eigenvalue weighted by Gasteiger charge is -2.34. The Labute approximate surface area is 189 Å². The molecule has 0 aliphatic carbocycles. The van der Waals surface area contributed by atoms with Gasteiger partial charge in [0, 0.05) is 24.6 Å². The van der Waals surface area contributed by atoms with Gasteiger partial charge < -0.3 is 9.64 Å². The van der Waals surface area contributed by atoms with Crippen LogP contribution in [0.2, 0.25) is 0 Å². The van der Waals surface area contributed by atoms with Gasteiger partial charge in [-0.3, -0.25) is 4.79 Å². The average Bonchev–Trinajstić information content (AvgIpc) is 2.83. The number of aryl methyl sites for hydroxylation is 1. The standard InChI is InChI=1S/C29H27NO2/c1-3-30-27-17-14-21-9-6-7-11-25(21)29(27)26(18-28(30)31)22-12-15-24(16-13-22)32-19-23-10-5-4-8-20(23)2/h4-17,26H,3,18-19H2,1-2H3. The monoisotopic (exact) mass is 421 g/mol. The van der Waals surface area contributed by atoms with Crippen LogP contribution in [0.4, 0.5) is 5.69 Å². The molecule has 3 nitrogen and oxygen atoms in total. The van der Waals surface area contributed by atoms with Gasteiger partial charge in [-0.25, -0.2) is 0 Å². The SMILES string of the molecule is CCN1C(=O)CC(c2ccc(OCc3ccccc3C)cc2)c2c1ccc1ccccc21. The number of benzene rings is 4. The third kappa shape index (κ3) is 3.64. The van der Waals surface area contributed by atoms with E-state index in [0.29, 0.717) is 19.6 Å². The summed E-state index contributed by atoms with van der Waals surface area (Å²) in [4.78, 5) is 14.9. The molecule has 1 aliphatic rings. The second-order valence-electron chi connectivity index (χ2n) is 8.40. The van der Waals surface area contributed by atoms with Crippen molar-refractivity contribution in [3.63, 3.8) is 0 Å². The second kappa shape index (κ2) is 8.51. The zero-order valence-corrected chi connectivity index (χ0v) is 18.5. The zero-order valence-electron chi connectivity index (χ0n) is 18.5. The van der Waals surface area contributed by atoms with E-state index in [1.807, 2.05) is 36.1 Å². The molecule has 1 amide bonds. The van der Waals surface area contributed by atoms with E-state index in [-0.39, 0.29) is 11.8 Å². The smallest absolute Gasteiger partial charge is 0.227 e. The molecule has 32 heavy (non-hydrogen) atoms. The third-order valence-corrected chi connectivity index (χ3v) is 6.52. The normalized spacial score (nSPS) is 15.6. The predicted octanol–water partition coefficient (Wildman–Crippen LogP) is 6.62. The van der Waals surface area contributed by atoms with Crippen LogP contribution >= 0.6 is 0 Å². The van der Waals surface area contributed by atoms with Gasteiger partial charge in [0.05, 0.1) is 0 Å². The summed E-state index contributed by atoms with van der Waals surface area (Å²) < 4.78 is 6.04. The van der Waals surface area contributed by atoms with Crippen molar-refractivity contribution in [2.75, 3.05) is 11.4 Å². The number of rotatable bonds is 5. The molecule has 4 aromatic rings. The van der Waals surface area contributed by atoms with E-state index in [9.17, 15) is 4.79 Å². The van der Waals surface area contributed by atoms with Gasteiger partial charge in [-0.15, -0.1) is 0 Å². The van der Waals surface area contributed by atoms with Crippen molar-refractivity contribution < 1.29 is 9.53 Å². The molecule has 1 atom stereocenters. The van der Waals surface area contributed by atoms with Crippen molar-refractivity contribution in [3.8, 4) is 5.75 Å². The number of fused-ring (bicyclic) bond motifs is 3. The first-order valence-electron chi connectivity index (χ1n) is 11.2. The molecule has 1 heterocycles. The number of nitrogens with zero attached hydrogens (tertiary/aromatic N) is 1. The first-order chi connectivity index (χ1) is 15.7. The molecule has 0 spiro atoms. The van der Waals surface area contributed by atoms with E-state index < -0.39 is 0 Å².